The van der Waals surface area contributed by atoms with Gasteiger partial charge in [0.05, 0.1) is 7.11 Å². The maximum atomic E-state index is 10.3. The van der Waals surface area contributed by atoms with Crippen LogP contribution in [-0.2, 0) is 13.6 Å². The van der Waals surface area contributed by atoms with Gasteiger partial charge in [0.1, 0.15) is 6.26 Å². The van der Waals surface area contributed by atoms with Gasteiger partial charge in [0.2, 0.25) is 0 Å². The minimum atomic E-state index is -1.93. The second kappa shape index (κ2) is 5.73. The standard InChI is InChI=1S/C5H10O3P/c1-3-4-5-8-9(6)7-2/h4-5H,3H2,1-2H3/q+1/b5-4+. The lowest BCUT2D eigenvalue weighted by Gasteiger charge is -1.76. The molecule has 0 radical (unpaired) electrons. The van der Waals surface area contributed by atoms with Gasteiger partial charge in [-0.05, 0) is 12.5 Å². The minimum Gasteiger partial charge on any atom is -0.238 e. The van der Waals surface area contributed by atoms with Crippen molar-refractivity contribution in [3.05, 3.63) is 12.3 Å². The molecule has 0 heterocycles. The average Bonchev–Trinajstić information content (AvgIpc) is 1.89. The molecule has 0 aromatic rings. The van der Waals surface area contributed by atoms with Gasteiger partial charge in [0, 0.05) is 4.57 Å². The minimum absolute atomic E-state index is 0.868. The first-order valence-electron chi connectivity index (χ1n) is 2.64. The van der Waals surface area contributed by atoms with E-state index in [4.69, 9.17) is 0 Å². The van der Waals surface area contributed by atoms with Crippen LogP contribution < -0.4 is 0 Å². The summed E-state index contributed by atoms with van der Waals surface area (Å²) in [5.74, 6) is 0. The summed E-state index contributed by atoms with van der Waals surface area (Å²) in [6.07, 6.45) is 4.00. The molecule has 0 aromatic carbocycles. The average molecular weight is 149 g/mol. The lowest BCUT2D eigenvalue weighted by atomic mass is 10.5. The molecule has 0 aliphatic rings. The Bertz CT molecular complexity index is 111. The van der Waals surface area contributed by atoms with Gasteiger partial charge in [0.25, 0.3) is 0 Å². The van der Waals surface area contributed by atoms with Crippen molar-refractivity contribution < 1.29 is 13.6 Å². The maximum Gasteiger partial charge on any atom is 0.749 e. The van der Waals surface area contributed by atoms with E-state index in [1.54, 1.807) is 6.08 Å². The van der Waals surface area contributed by atoms with Crippen molar-refractivity contribution >= 4 is 8.25 Å². The van der Waals surface area contributed by atoms with Crippen molar-refractivity contribution in [2.45, 2.75) is 13.3 Å². The smallest absolute Gasteiger partial charge is 0.238 e. The first-order valence-corrected chi connectivity index (χ1v) is 3.74. The topological polar surface area (TPSA) is 35.5 Å². The fourth-order valence-corrected chi connectivity index (χ4v) is 0.503. The monoisotopic (exact) mass is 149 g/mol. The first-order chi connectivity index (χ1) is 4.31. The number of hydrogen-bond acceptors (Lipinski definition) is 3. The third-order valence-corrected chi connectivity index (χ3v) is 1.22. The van der Waals surface area contributed by atoms with E-state index >= 15 is 0 Å². The molecule has 0 rings (SSSR count). The van der Waals surface area contributed by atoms with Crippen LogP contribution in [0, 0.1) is 0 Å². The maximum absolute atomic E-state index is 10.3. The van der Waals surface area contributed by atoms with E-state index < -0.39 is 8.25 Å². The van der Waals surface area contributed by atoms with Crippen LogP contribution in [0.15, 0.2) is 12.3 Å². The second-order valence-electron chi connectivity index (χ2n) is 1.29. The molecule has 0 saturated heterocycles. The largest absolute Gasteiger partial charge is 0.749 e. The van der Waals surface area contributed by atoms with E-state index in [2.05, 4.69) is 9.05 Å². The van der Waals surface area contributed by atoms with Crippen molar-refractivity contribution in [2.75, 3.05) is 7.11 Å². The van der Waals surface area contributed by atoms with Gasteiger partial charge < -0.3 is 0 Å². The van der Waals surface area contributed by atoms with E-state index in [9.17, 15) is 4.57 Å². The SMILES string of the molecule is CC/C=C/O[P+](=O)OC. The van der Waals surface area contributed by atoms with Gasteiger partial charge in [-0.3, -0.25) is 0 Å². The number of hydrogen-bond donors (Lipinski definition) is 0. The molecule has 0 aliphatic carbocycles. The summed E-state index contributed by atoms with van der Waals surface area (Å²) in [6.45, 7) is 1.96. The van der Waals surface area contributed by atoms with Crippen LogP contribution in [0.1, 0.15) is 13.3 Å². The Morgan fingerprint density at radius 2 is 2.33 bits per heavy atom. The molecule has 3 nitrogen and oxygen atoms in total. The zero-order chi connectivity index (χ0) is 7.11. The van der Waals surface area contributed by atoms with Crippen molar-refractivity contribution in [1.29, 1.82) is 0 Å². The Balaban J connectivity index is 3.26. The van der Waals surface area contributed by atoms with Crippen LogP contribution in [0.2, 0.25) is 0 Å². The predicted octanol–water partition coefficient (Wildman–Crippen LogP) is 2.23. The van der Waals surface area contributed by atoms with E-state index in [-0.39, 0.29) is 0 Å². The van der Waals surface area contributed by atoms with Crippen LogP contribution in [0.3, 0.4) is 0 Å². The Kier molecular flexibility index (Phi) is 5.48. The normalized spacial score (nSPS) is 12.0. The van der Waals surface area contributed by atoms with Crippen molar-refractivity contribution in [3.63, 3.8) is 0 Å². The lowest BCUT2D eigenvalue weighted by molar-refractivity contribution is 0.326. The summed E-state index contributed by atoms with van der Waals surface area (Å²) in [4.78, 5) is 0. The fourth-order valence-electron chi connectivity index (χ4n) is 0.232. The predicted molar refractivity (Wildman–Crippen MR) is 35.1 cm³/mol. The molecule has 0 saturated carbocycles. The zero-order valence-corrected chi connectivity index (χ0v) is 6.43. The van der Waals surface area contributed by atoms with E-state index in [1.807, 2.05) is 6.92 Å². The third-order valence-electron chi connectivity index (χ3n) is 0.628. The molecule has 1 unspecified atom stereocenters. The summed E-state index contributed by atoms with van der Waals surface area (Å²) >= 11 is 0. The molecule has 0 amide bonds. The molecule has 0 N–H and O–H groups in total. The molecular formula is C5H10O3P+. The Labute approximate surface area is 55.6 Å². The van der Waals surface area contributed by atoms with Crippen LogP contribution in [0.5, 0.6) is 0 Å². The highest BCUT2D eigenvalue weighted by Crippen LogP contribution is 2.21. The van der Waals surface area contributed by atoms with Gasteiger partial charge in [-0.1, -0.05) is 6.92 Å². The van der Waals surface area contributed by atoms with Crippen LogP contribution in [-0.4, -0.2) is 7.11 Å². The Morgan fingerprint density at radius 1 is 1.67 bits per heavy atom. The highest BCUT2D eigenvalue weighted by atomic mass is 31.1. The van der Waals surface area contributed by atoms with Crippen LogP contribution in [0.4, 0.5) is 0 Å². The highest BCUT2D eigenvalue weighted by Gasteiger charge is 2.13. The Morgan fingerprint density at radius 3 is 2.78 bits per heavy atom. The number of rotatable bonds is 4. The summed E-state index contributed by atoms with van der Waals surface area (Å²) < 4.78 is 19.2. The van der Waals surface area contributed by atoms with Crippen molar-refractivity contribution in [1.82, 2.24) is 0 Å². The van der Waals surface area contributed by atoms with Gasteiger partial charge in [0.15, 0.2) is 0 Å². The molecule has 0 aromatic heterocycles. The molecule has 0 fully saturated rings. The first kappa shape index (κ1) is 8.60. The number of allylic oxidation sites excluding steroid dienone is 1. The molecule has 9 heavy (non-hydrogen) atoms. The summed E-state index contributed by atoms with van der Waals surface area (Å²) in [6, 6.07) is 0. The summed E-state index contributed by atoms with van der Waals surface area (Å²) in [5, 5.41) is 0. The quantitative estimate of drug-likeness (QED) is 0.454. The third kappa shape index (κ3) is 5.47. The van der Waals surface area contributed by atoms with E-state index in [0.29, 0.717) is 0 Å². The second-order valence-corrected chi connectivity index (χ2v) is 2.31. The summed E-state index contributed by atoms with van der Waals surface area (Å²) in [7, 11) is -0.595. The Hall–Kier alpha value is -0.400. The molecule has 52 valence electrons. The van der Waals surface area contributed by atoms with Crippen LogP contribution in [0.25, 0.3) is 0 Å². The molecule has 0 spiro atoms. The fraction of sp³-hybridized carbons (Fsp3) is 0.600. The van der Waals surface area contributed by atoms with Gasteiger partial charge in [-0.15, -0.1) is 4.52 Å². The van der Waals surface area contributed by atoms with E-state index in [1.165, 1.54) is 13.4 Å². The van der Waals surface area contributed by atoms with Gasteiger partial charge in [-0.25, -0.2) is 4.52 Å². The summed E-state index contributed by atoms with van der Waals surface area (Å²) in [5.41, 5.74) is 0. The molecule has 0 bridgehead atoms. The van der Waals surface area contributed by atoms with Crippen molar-refractivity contribution in [3.8, 4) is 0 Å². The van der Waals surface area contributed by atoms with Gasteiger partial charge >= 0.3 is 8.25 Å². The van der Waals surface area contributed by atoms with Crippen LogP contribution >= 0.6 is 8.25 Å². The molecular weight excluding hydrogens is 139 g/mol. The van der Waals surface area contributed by atoms with Gasteiger partial charge in [-0.2, -0.15) is 0 Å². The highest BCUT2D eigenvalue weighted by molar-refractivity contribution is 7.33. The van der Waals surface area contributed by atoms with Crippen molar-refractivity contribution in [2.24, 2.45) is 0 Å². The van der Waals surface area contributed by atoms with E-state index in [0.717, 1.165) is 6.42 Å². The molecule has 4 heteroatoms. The molecule has 0 aliphatic heterocycles. The lowest BCUT2D eigenvalue weighted by Crippen LogP contribution is -1.68. The molecule has 1 atom stereocenters. The zero-order valence-electron chi connectivity index (χ0n) is 5.53.